The standard InChI is InChI=1S/C18H21F3N2O4/c1-10(18(19,20)21)27-15-4-13(23-7-12(15)11-2-3-11)14(24)5-17(6-16(22)25)8-26-9-17/h4,7,10-11H,2-3,5-6,8-9H2,1H3,(H2,22,25)/t10-/m0/s1. The summed E-state index contributed by atoms with van der Waals surface area (Å²) in [6, 6.07) is 1.27. The average molecular weight is 386 g/mol. The maximum atomic E-state index is 12.9. The van der Waals surface area contributed by atoms with Crippen molar-refractivity contribution in [1.29, 1.82) is 0 Å². The van der Waals surface area contributed by atoms with Gasteiger partial charge in [-0.1, -0.05) is 0 Å². The molecular weight excluding hydrogens is 365 g/mol. The number of rotatable bonds is 8. The van der Waals surface area contributed by atoms with Crippen LogP contribution in [0.1, 0.15) is 54.6 Å². The minimum atomic E-state index is -4.51. The molecule has 6 nitrogen and oxygen atoms in total. The SMILES string of the molecule is C[C@H](Oc1cc(C(=O)CC2(CC(N)=O)COC2)ncc1C1CC1)C(F)(F)F. The summed E-state index contributed by atoms with van der Waals surface area (Å²) in [6.45, 7) is 1.39. The van der Waals surface area contributed by atoms with Gasteiger partial charge in [-0.25, -0.2) is 0 Å². The van der Waals surface area contributed by atoms with Gasteiger partial charge in [0.25, 0.3) is 0 Å². The highest BCUT2D eigenvalue weighted by atomic mass is 19.4. The molecule has 2 fully saturated rings. The maximum absolute atomic E-state index is 12.9. The Morgan fingerprint density at radius 3 is 2.52 bits per heavy atom. The molecule has 1 aliphatic carbocycles. The number of halogens is 3. The largest absolute Gasteiger partial charge is 0.481 e. The van der Waals surface area contributed by atoms with E-state index in [1.54, 1.807) is 0 Å². The minimum Gasteiger partial charge on any atom is -0.481 e. The molecule has 2 aliphatic rings. The lowest BCUT2D eigenvalue weighted by Crippen LogP contribution is -2.46. The highest BCUT2D eigenvalue weighted by Gasteiger charge is 2.43. The number of alkyl halides is 3. The van der Waals surface area contributed by atoms with Crippen LogP contribution in [-0.2, 0) is 9.53 Å². The summed E-state index contributed by atoms with van der Waals surface area (Å²) in [6.07, 6.45) is -3.39. The van der Waals surface area contributed by atoms with Crippen molar-refractivity contribution in [2.45, 2.75) is 50.8 Å². The molecule has 2 N–H and O–H groups in total. The third-order valence-electron chi connectivity index (χ3n) is 4.86. The van der Waals surface area contributed by atoms with Gasteiger partial charge < -0.3 is 15.2 Å². The van der Waals surface area contributed by atoms with Crippen molar-refractivity contribution in [3.8, 4) is 5.75 Å². The van der Waals surface area contributed by atoms with Gasteiger partial charge in [-0.3, -0.25) is 14.6 Å². The van der Waals surface area contributed by atoms with Crippen molar-refractivity contribution in [2.24, 2.45) is 11.1 Å². The molecule has 0 radical (unpaired) electrons. The van der Waals surface area contributed by atoms with Crippen molar-refractivity contribution < 1.29 is 32.2 Å². The van der Waals surface area contributed by atoms with Gasteiger partial charge in [-0.15, -0.1) is 0 Å². The van der Waals surface area contributed by atoms with Crippen LogP contribution in [0.15, 0.2) is 12.3 Å². The summed E-state index contributed by atoms with van der Waals surface area (Å²) in [5.74, 6) is -0.773. The first-order valence-electron chi connectivity index (χ1n) is 8.72. The number of nitrogens with zero attached hydrogens (tertiary/aromatic N) is 1. The molecule has 0 spiro atoms. The fraction of sp³-hybridized carbons (Fsp3) is 0.611. The summed E-state index contributed by atoms with van der Waals surface area (Å²) in [4.78, 5) is 28.0. The Hall–Kier alpha value is -2.16. The van der Waals surface area contributed by atoms with Gasteiger partial charge in [0.2, 0.25) is 5.91 Å². The molecule has 1 aliphatic heterocycles. The summed E-state index contributed by atoms with van der Waals surface area (Å²) in [5.41, 5.74) is 5.17. The lowest BCUT2D eigenvalue weighted by atomic mass is 9.77. The van der Waals surface area contributed by atoms with Crippen LogP contribution >= 0.6 is 0 Å². The van der Waals surface area contributed by atoms with E-state index in [4.69, 9.17) is 15.2 Å². The van der Waals surface area contributed by atoms with Gasteiger partial charge in [0.1, 0.15) is 11.4 Å². The Labute approximate surface area is 154 Å². The molecule has 1 aromatic heterocycles. The van der Waals surface area contributed by atoms with E-state index in [1.165, 1.54) is 12.3 Å². The van der Waals surface area contributed by atoms with Crippen LogP contribution in [0.4, 0.5) is 13.2 Å². The smallest absolute Gasteiger partial charge is 0.425 e. The van der Waals surface area contributed by atoms with Crippen molar-refractivity contribution in [3.63, 3.8) is 0 Å². The first-order valence-corrected chi connectivity index (χ1v) is 8.72. The number of carbonyl (C=O) groups is 2. The normalized spacial score (nSPS) is 19.9. The molecule has 9 heteroatoms. The topological polar surface area (TPSA) is 91.5 Å². The Morgan fingerprint density at radius 2 is 2.04 bits per heavy atom. The maximum Gasteiger partial charge on any atom is 0.425 e. The Kier molecular flexibility index (Phi) is 5.16. The number of hydrogen-bond donors (Lipinski definition) is 1. The molecule has 1 aromatic rings. The molecule has 148 valence electrons. The van der Waals surface area contributed by atoms with Gasteiger partial charge in [0.15, 0.2) is 11.9 Å². The second-order valence-electron chi connectivity index (χ2n) is 7.42. The second kappa shape index (κ2) is 7.10. The number of Topliss-reactive ketones (excluding diaryl/α,β-unsaturated/α-hetero) is 1. The molecular formula is C18H21F3N2O4. The Morgan fingerprint density at radius 1 is 1.37 bits per heavy atom. The molecule has 1 amide bonds. The third-order valence-corrected chi connectivity index (χ3v) is 4.86. The molecule has 0 aromatic carbocycles. The van der Waals surface area contributed by atoms with E-state index >= 15 is 0 Å². The zero-order valence-electron chi connectivity index (χ0n) is 14.8. The predicted molar refractivity (Wildman–Crippen MR) is 88.4 cm³/mol. The zero-order valence-corrected chi connectivity index (χ0v) is 14.8. The van der Waals surface area contributed by atoms with E-state index in [0.717, 1.165) is 19.8 Å². The summed E-state index contributed by atoms with van der Waals surface area (Å²) >= 11 is 0. The van der Waals surface area contributed by atoms with E-state index in [0.29, 0.717) is 5.56 Å². The van der Waals surface area contributed by atoms with Crippen LogP contribution in [0.2, 0.25) is 0 Å². The van der Waals surface area contributed by atoms with E-state index in [-0.39, 0.29) is 49.2 Å². The second-order valence-corrected chi connectivity index (χ2v) is 7.42. The quantitative estimate of drug-likeness (QED) is 0.694. The van der Waals surface area contributed by atoms with Crippen LogP contribution in [0, 0.1) is 5.41 Å². The van der Waals surface area contributed by atoms with Crippen molar-refractivity contribution in [2.75, 3.05) is 13.2 Å². The van der Waals surface area contributed by atoms with Crippen molar-refractivity contribution in [3.05, 3.63) is 23.5 Å². The third kappa shape index (κ3) is 4.58. The Balaban J connectivity index is 1.80. The first-order chi connectivity index (χ1) is 12.6. The first kappa shape index (κ1) is 19.6. The minimum absolute atomic E-state index is 0.00730. The van der Waals surface area contributed by atoms with E-state index in [1.807, 2.05) is 0 Å². The number of ketones is 1. The van der Waals surface area contributed by atoms with Gasteiger partial charge in [0.05, 0.1) is 13.2 Å². The van der Waals surface area contributed by atoms with E-state index in [9.17, 15) is 22.8 Å². The predicted octanol–water partition coefficient (Wildman–Crippen LogP) is 2.75. The summed E-state index contributed by atoms with van der Waals surface area (Å²) in [5, 5.41) is 0. The number of hydrogen-bond acceptors (Lipinski definition) is 5. The number of nitrogens with two attached hydrogens (primary N) is 1. The molecule has 2 heterocycles. The van der Waals surface area contributed by atoms with Crippen LogP contribution in [0.3, 0.4) is 0 Å². The van der Waals surface area contributed by atoms with Gasteiger partial charge >= 0.3 is 6.18 Å². The van der Waals surface area contributed by atoms with E-state index < -0.39 is 23.6 Å². The number of aromatic nitrogens is 1. The average Bonchev–Trinajstić information content (AvgIpc) is 3.36. The highest BCUT2D eigenvalue weighted by Crippen LogP contribution is 2.45. The fourth-order valence-electron chi connectivity index (χ4n) is 3.12. The number of primary amides is 1. The molecule has 1 saturated carbocycles. The molecule has 1 saturated heterocycles. The van der Waals surface area contributed by atoms with Gasteiger partial charge in [0, 0.05) is 36.1 Å². The molecule has 1 atom stereocenters. The highest BCUT2D eigenvalue weighted by molar-refractivity contribution is 5.95. The number of ether oxygens (including phenoxy) is 2. The van der Waals surface area contributed by atoms with Crippen LogP contribution in [-0.4, -0.2) is 42.2 Å². The number of amides is 1. The van der Waals surface area contributed by atoms with Crippen LogP contribution < -0.4 is 10.5 Å². The lowest BCUT2D eigenvalue weighted by Gasteiger charge is -2.40. The number of carbonyl (C=O) groups excluding carboxylic acids is 2. The molecule has 3 rings (SSSR count). The van der Waals surface area contributed by atoms with Crippen molar-refractivity contribution >= 4 is 11.7 Å². The fourth-order valence-corrected chi connectivity index (χ4v) is 3.12. The molecule has 0 bridgehead atoms. The molecule has 0 unspecified atom stereocenters. The lowest BCUT2D eigenvalue weighted by molar-refractivity contribution is -0.189. The zero-order chi connectivity index (χ0) is 19.8. The summed E-state index contributed by atoms with van der Waals surface area (Å²) in [7, 11) is 0. The van der Waals surface area contributed by atoms with E-state index in [2.05, 4.69) is 4.98 Å². The monoisotopic (exact) mass is 386 g/mol. The summed E-state index contributed by atoms with van der Waals surface area (Å²) < 4.78 is 48.9. The number of pyridine rings is 1. The van der Waals surface area contributed by atoms with Gasteiger partial charge in [-0.2, -0.15) is 13.2 Å². The Bertz CT molecular complexity index is 743. The molecule has 27 heavy (non-hydrogen) atoms. The van der Waals surface area contributed by atoms with Crippen LogP contribution in [0.25, 0.3) is 0 Å². The van der Waals surface area contributed by atoms with Gasteiger partial charge in [-0.05, 0) is 25.7 Å². The van der Waals surface area contributed by atoms with Crippen molar-refractivity contribution in [1.82, 2.24) is 4.98 Å². The van der Waals surface area contributed by atoms with Crippen LogP contribution in [0.5, 0.6) is 5.75 Å².